The maximum absolute atomic E-state index is 13.2. The minimum absolute atomic E-state index is 0.0450. The molecule has 0 bridgehead atoms. The number of fused-ring (bicyclic) bond motifs is 1. The Balaban J connectivity index is 1.52. The highest BCUT2D eigenvalue weighted by Crippen LogP contribution is 2.45. The van der Waals surface area contributed by atoms with Crippen molar-refractivity contribution in [3.8, 4) is 5.75 Å². The van der Waals surface area contributed by atoms with Gasteiger partial charge in [-0.3, -0.25) is 14.5 Å². The van der Waals surface area contributed by atoms with E-state index in [0.717, 1.165) is 5.56 Å². The average molecular weight is 497 g/mol. The number of rotatable bonds is 8. The van der Waals surface area contributed by atoms with E-state index in [1.54, 1.807) is 50.4 Å². The highest BCUT2D eigenvalue weighted by molar-refractivity contribution is 8.00. The van der Waals surface area contributed by atoms with Crippen LogP contribution in [0.4, 0.5) is 0 Å². The molecule has 2 amide bonds. The van der Waals surface area contributed by atoms with E-state index in [9.17, 15) is 14.4 Å². The van der Waals surface area contributed by atoms with E-state index in [2.05, 4.69) is 5.32 Å². The minimum Gasteiger partial charge on any atom is -0.497 e. The average Bonchev–Trinajstić information content (AvgIpc) is 2.87. The molecule has 9 heteroatoms. The number of esters is 1. The minimum atomic E-state index is -0.775. The molecule has 1 saturated heterocycles. The number of nitrogens with one attached hydrogen (secondary N) is 1. The number of carbonyl (C=O) groups excluding carboxylic acids is 3. The standard InChI is InChI=1S/C26H28N2O6S/c1-15(2)34-26-16(3)21(25(31)33-14-17-10-12-19(32-4)13-11-17)28-23(30)20(24(28)35-26)27-22(29)18-8-6-5-7-9-18/h5-13,15,20,24,26H,14H2,1-4H3,(H,27,29)/t20-,24+,26-/m0/s1. The van der Waals surface area contributed by atoms with Crippen molar-refractivity contribution in [3.63, 3.8) is 0 Å². The first-order chi connectivity index (χ1) is 16.8. The Hall–Kier alpha value is -3.30. The van der Waals surface area contributed by atoms with Gasteiger partial charge in [0.1, 0.15) is 34.9 Å². The summed E-state index contributed by atoms with van der Waals surface area (Å²) in [5, 5.41) is 2.32. The number of β-lactam (4-membered cyclic amide) rings is 1. The molecular formula is C26H28N2O6S. The Kier molecular flexibility index (Phi) is 7.47. The van der Waals surface area contributed by atoms with Crippen LogP contribution in [0.2, 0.25) is 0 Å². The fourth-order valence-corrected chi connectivity index (χ4v) is 5.43. The number of nitrogens with zero attached hydrogens (tertiary/aromatic N) is 1. The van der Waals surface area contributed by atoms with Crippen LogP contribution in [0, 0.1) is 0 Å². The zero-order valence-electron chi connectivity index (χ0n) is 20.0. The van der Waals surface area contributed by atoms with Gasteiger partial charge in [-0.15, -0.1) is 0 Å². The maximum atomic E-state index is 13.2. The van der Waals surface area contributed by atoms with E-state index in [0.29, 0.717) is 16.9 Å². The zero-order valence-corrected chi connectivity index (χ0v) is 20.8. The van der Waals surface area contributed by atoms with Gasteiger partial charge in [-0.25, -0.2) is 4.79 Å². The number of amides is 2. The molecule has 35 heavy (non-hydrogen) atoms. The molecule has 3 atom stereocenters. The van der Waals surface area contributed by atoms with Crippen molar-refractivity contribution in [2.45, 2.75) is 50.3 Å². The maximum Gasteiger partial charge on any atom is 0.355 e. The Morgan fingerprint density at radius 1 is 1.09 bits per heavy atom. The van der Waals surface area contributed by atoms with Crippen molar-refractivity contribution in [1.82, 2.24) is 10.2 Å². The van der Waals surface area contributed by atoms with Gasteiger partial charge in [0.2, 0.25) is 0 Å². The van der Waals surface area contributed by atoms with Crippen molar-refractivity contribution >= 4 is 29.5 Å². The third-order valence-corrected chi connectivity index (χ3v) is 7.19. The summed E-state index contributed by atoms with van der Waals surface area (Å²) in [6.45, 7) is 5.62. The molecule has 2 aliphatic rings. The molecule has 4 rings (SSSR count). The highest BCUT2D eigenvalue weighted by Gasteiger charge is 2.56. The SMILES string of the molecule is COc1ccc(COC(=O)C2=C(C)[C@@H](OC(C)C)S[C@@H]3[C@@H](NC(=O)c4ccccc4)C(=O)N23)cc1. The lowest BCUT2D eigenvalue weighted by Crippen LogP contribution is -2.71. The molecule has 2 aromatic rings. The summed E-state index contributed by atoms with van der Waals surface area (Å²) in [7, 11) is 1.58. The highest BCUT2D eigenvalue weighted by atomic mass is 32.2. The van der Waals surface area contributed by atoms with Crippen molar-refractivity contribution in [3.05, 3.63) is 77.0 Å². The van der Waals surface area contributed by atoms with Gasteiger partial charge in [0.25, 0.3) is 11.8 Å². The van der Waals surface area contributed by atoms with Crippen LogP contribution in [0.5, 0.6) is 5.75 Å². The van der Waals surface area contributed by atoms with Gasteiger partial charge in [0.05, 0.1) is 13.2 Å². The number of methoxy groups -OCH3 is 1. The summed E-state index contributed by atoms with van der Waals surface area (Å²) < 4.78 is 16.8. The van der Waals surface area contributed by atoms with E-state index in [1.807, 2.05) is 32.0 Å². The van der Waals surface area contributed by atoms with Gasteiger partial charge in [0.15, 0.2) is 0 Å². The monoisotopic (exact) mass is 496 g/mol. The first kappa shape index (κ1) is 24.8. The lowest BCUT2D eigenvalue weighted by molar-refractivity contribution is -0.152. The third-order valence-electron chi connectivity index (χ3n) is 5.71. The predicted octanol–water partition coefficient (Wildman–Crippen LogP) is 3.48. The van der Waals surface area contributed by atoms with Gasteiger partial charge in [-0.2, -0.15) is 0 Å². The molecule has 0 radical (unpaired) electrons. The fourth-order valence-electron chi connectivity index (χ4n) is 3.90. The summed E-state index contributed by atoms with van der Waals surface area (Å²) in [6.07, 6.45) is -0.0984. The van der Waals surface area contributed by atoms with Crippen LogP contribution in [0.25, 0.3) is 0 Å². The van der Waals surface area contributed by atoms with E-state index < -0.39 is 22.8 Å². The van der Waals surface area contributed by atoms with Crippen molar-refractivity contribution < 1.29 is 28.6 Å². The first-order valence-corrected chi connectivity index (χ1v) is 12.2. The normalized spacial score (nSPS) is 21.3. The van der Waals surface area contributed by atoms with Crippen LogP contribution in [0.1, 0.15) is 36.7 Å². The Morgan fingerprint density at radius 3 is 2.40 bits per heavy atom. The molecule has 0 aromatic heterocycles. The molecule has 184 valence electrons. The van der Waals surface area contributed by atoms with Gasteiger partial charge in [0, 0.05) is 5.56 Å². The topological polar surface area (TPSA) is 94.2 Å². The Bertz CT molecular complexity index is 1130. The smallest absolute Gasteiger partial charge is 0.355 e. The number of hydrogen-bond donors (Lipinski definition) is 1. The molecule has 2 heterocycles. The molecule has 0 aliphatic carbocycles. The molecule has 0 saturated carbocycles. The summed E-state index contributed by atoms with van der Waals surface area (Å²) in [4.78, 5) is 40.4. The van der Waals surface area contributed by atoms with Crippen LogP contribution in [0.3, 0.4) is 0 Å². The third kappa shape index (κ3) is 5.21. The summed E-state index contributed by atoms with van der Waals surface area (Å²) in [5.74, 6) is -0.609. The van der Waals surface area contributed by atoms with E-state index in [1.165, 1.54) is 16.7 Å². The van der Waals surface area contributed by atoms with Crippen LogP contribution < -0.4 is 10.1 Å². The summed E-state index contributed by atoms with van der Waals surface area (Å²) in [6, 6.07) is 15.1. The van der Waals surface area contributed by atoms with Gasteiger partial charge >= 0.3 is 5.97 Å². The van der Waals surface area contributed by atoms with Crippen molar-refractivity contribution in [2.24, 2.45) is 0 Å². The number of thioether (sulfide) groups is 1. The molecule has 0 spiro atoms. The van der Waals surface area contributed by atoms with Crippen LogP contribution in [-0.2, 0) is 25.7 Å². The van der Waals surface area contributed by atoms with Crippen molar-refractivity contribution in [1.29, 1.82) is 0 Å². The van der Waals surface area contributed by atoms with Crippen LogP contribution in [-0.4, -0.2) is 52.7 Å². The van der Waals surface area contributed by atoms with Gasteiger partial charge in [-0.05, 0) is 56.2 Å². The van der Waals surface area contributed by atoms with E-state index in [-0.39, 0.29) is 30.2 Å². The lowest BCUT2D eigenvalue weighted by Gasteiger charge is -2.51. The second kappa shape index (κ2) is 10.5. The molecule has 1 fully saturated rings. The van der Waals surface area contributed by atoms with Crippen LogP contribution >= 0.6 is 11.8 Å². The van der Waals surface area contributed by atoms with Gasteiger partial charge < -0.3 is 19.5 Å². The molecule has 1 N–H and O–H groups in total. The number of carbonyl (C=O) groups is 3. The fraction of sp³-hybridized carbons (Fsp3) is 0.346. The lowest BCUT2D eigenvalue weighted by atomic mass is 10.0. The van der Waals surface area contributed by atoms with Crippen molar-refractivity contribution in [2.75, 3.05) is 7.11 Å². The molecular weight excluding hydrogens is 468 g/mol. The Morgan fingerprint density at radius 2 is 1.77 bits per heavy atom. The molecule has 8 nitrogen and oxygen atoms in total. The first-order valence-electron chi connectivity index (χ1n) is 11.3. The summed E-state index contributed by atoms with van der Waals surface area (Å²) >= 11 is 1.40. The predicted molar refractivity (Wildman–Crippen MR) is 131 cm³/mol. The quantitative estimate of drug-likeness (QED) is 0.442. The Labute approximate surface area is 208 Å². The largest absolute Gasteiger partial charge is 0.497 e. The number of ether oxygens (including phenoxy) is 3. The second-order valence-electron chi connectivity index (χ2n) is 8.52. The van der Waals surface area contributed by atoms with E-state index >= 15 is 0 Å². The van der Waals surface area contributed by atoms with Gasteiger partial charge in [-0.1, -0.05) is 42.1 Å². The van der Waals surface area contributed by atoms with Crippen LogP contribution in [0.15, 0.2) is 65.9 Å². The molecule has 2 aliphatic heterocycles. The number of hydrogen-bond acceptors (Lipinski definition) is 7. The zero-order chi connectivity index (χ0) is 25.1. The second-order valence-corrected chi connectivity index (χ2v) is 9.71. The summed E-state index contributed by atoms with van der Waals surface area (Å²) in [5.41, 5.74) is 1.57. The molecule has 2 aromatic carbocycles. The van der Waals surface area contributed by atoms with E-state index in [4.69, 9.17) is 14.2 Å². The number of benzene rings is 2. The molecule has 0 unspecified atom stereocenters.